The van der Waals surface area contributed by atoms with Gasteiger partial charge in [0.1, 0.15) is 6.33 Å². The summed E-state index contributed by atoms with van der Waals surface area (Å²) < 4.78 is 6.62. The van der Waals surface area contributed by atoms with Gasteiger partial charge in [-0.25, -0.2) is 4.98 Å². The Bertz CT molecular complexity index is 607. The number of hydrogen-bond acceptors (Lipinski definition) is 4. The molecule has 0 aliphatic carbocycles. The Morgan fingerprint density at radius 2 is 2.14 bits per heavy atom. The van der Waals surface area contributed by atoms with Crippen molar-refractivity contribution in [3.8, 4) is 5.69 Å². The monoisotopic (exact) mass is 288 g/mol. The van der Waals surface area contributed by atoms with Crippen molar-refractivity contribution in [3.05, 3.63) is 42.4 Å². The number of aromatic nitrogens is 2. The number of imidazole rings is 1. The van der Waals surface area contributed by atoms with Crippen LogP contribution in [0.25, 0.3) is 5.69 Å². The largest absolute Gasteiger partial charge is 0.383 e. The first-order valence-corrected chi connectivity index (χ1v) is 6.36. The minimum atomic E-state index is -0.146. The Balaban J connectivity index is 2.03. The maximum Gasteiger partial charge on any atom is 0.251 e. The molecule has 2 amide bonds. The van der Waals surface area contributed by atoms with Crippen molar-refractivity contribution in [1.29, 1.82) is 0 Å². The Labute approximate surface area is 121 Å². The fraction of sp³-hybridized carbons (Fsp3) is 0.214. The quantitative estimate of drug-likeness (QED) is 0.583. The lowest BCUT2D eigenvalue weighted by Crippen LogP contribution is -2.26. The molecule has 2 aromatic rings. The van der Waals surface area contributed by atoms with Crippen LogP contribution in [0.1, 0.15) is 10.4 Å². The van der Waals surface area contributed by atoms with E-state index in [-0.39, 0.29) is 5.91 Å². The number of rotatable bonds is 7. The number of nitrogens with one attached hydrogen (secondary N) is 2. The molecule has 0 aliphatic rings. The van der Waals surface area contributed by atoms with Crippen molar-refractivity contribution in [1.82, 2.24) is 14.9 Å². The maximum atomic E-state index is 11.8. The molecule has 0 spiro atoms. The van der Waals surface area contributed by atoms with Crippen LogP contribution in [0.5, 0.6) is 0 Å². The van der Waals surface area contributed by atoms with Crippen molar-refractivity contribution in [3.63, 3.8) is 0 Å². The molecule has 1 heterocycles. The zero-order valence-electron chi connectivity index (χ0n) is 11.6. The molecule has 0 radical (unpaired) electrons. The lowest BCUT2D eigenvalue weighted by atomic mass is 10.2. The Morgan fingerprint density at radius 3 is 2.81 bits per heavy atom. The standard InChI is InChI=1S/C14H16N4O3/c1-21-7-6-15-14(20)11-2-4-12(5-3-11)18-8-13(16-9-18)17-10-19/h2-5,8-10H,6-7H2,1H3,(H,15,20)(H,17,19). The molecule has 7 heteroatoms. The number of nitrogens with zero attached hydrogens (tertiary/aromatic N) is 2. The van der Waals surface area contributed by atoms with Gasteiger partial charge >= 0.3 is 0 Å². The van der Waals surface area contributed by atoms with Crippen LogP contribution in [-0.2, 0) is 9.53 Å². The number of anilines is 1. The fourth-order valence-corrected chi connectivity index (χ4v) is 1.75. The van der Waals surface area contributed by atoms with Crippen molar-refractivity contribution in [2.45, 2.75) is 0 Å². The fourth-order valence-electron chi connectivity index (χ4n) is 1.75. The number of ether oxygens (including phenoxy) is 1. The molecule has 2 rings (SSSR count). The smallest absolute Gasteiger partial charge is 0.251 e. The van der Waals surface area contributed by atoms with E-state index < -0.39 is 0 Å². The molecule has 21 heavy (non-hydrogen) atoms. The summed E-state index contributed by atoms with van der Waals surface area (Å²) in [6.07, 6.45) is 3.84. The van der Waals surface area contributed by atoms with Gasteiger partial charge in [0.15, 0.2) is 5.82 Å². The molecule has 0 bridgehead atoms. The molecule has 0 atom stereocenters. The molecule has 0 saturated heterocycles. The third kappa shape index (κ3) is 3.90. The minimum Gasteiger partial charge on any atom is -0.383 e. The predicted molar refractivity (Wildman–Crippen MR) is 77.5 cm³/mol. The van der Waals surface area contributed by atoms with Crippen molar-refractivity contribution >= 4 is 18.1 Å². The number of carbonyl (C=O) groups excluding carboxylic acids is 2. The average Bonchev–Trinajstić information content (AvgIpc) is 2.97. The number of amides is 2. The number of hydrogen-bond donors (Lipinski definition) is 2. The average molecular weight is 288 g/mol. The van der Waals surface area contributed by atoms with Gasteiger partial charge in [0.05, 0.1) is 12.8 Å². The van der Waals surface area contributed by atoms with Crippen LogP contribution in [0.4, 0.5) is 5.82 Å². The predicted octanol–water partition coefficient (Wildman–Crippen LogP) is 0.817. The highest BCUT2D eigenvalue weighted by Gasteiger charge is 2.05. The number of methoxy groups -OCH3 is 1. The molecule has 0 aliphatic heterocycles. The molecule has 2 N–H and O–H groups in total. The van der Waals surface area contributed by atoms with Gasteiger partial charge in [0.25, 0.3) is 5.91 Å². The summed E-state index contributed by atoms with van der Waals surface area (Å²) in [6, 6.07) is 7.06. The highest BCUT2D eigenvalue weighted by Crippen LogP contribution is 2.12. The Morgan fingerprint density at radius 1 is 1.38 bits per heavy atom. The van der Waals surface area contributed by atoms with Crippen LogP contribution in [0, 0.1) is 0 Å². The first-order valence-electron chi connectivity index (χ1n) is 6.36. The maximum absolute atomic E-state index is 11.8. The Hall–Kier alpha value is -2.67. The van der Waals surface area contributed by atoms with Gasteiger partial charge in [0.2, 0.25) is 6.41 Å². The molecular formula is C14H16N4O3. The van der Waals surface area contributed by atoms with Gasteiger partial charge in [-0.05, 0) is 24.3 Å². The van der Waals surface area contributed by atoms with Crippen molar-refractivity contribution in [2.24, 2.45) is 0 Å². The summed E-state index contributed by atoms with van der Waals surface area (Å²) in [5, 5.41) is 5.22. The van der Waals surface area contributed by atoms with E-state index in [1.54, 1.807) is 48.5 Å². The highest BCUT2D eigenvalue weighted by molar-refractivity contribution is 5.94. The van der Waals surface area contributed by atoms with Gasteiger partial charge in [-0.1, -0.05) is 0 Å². The van der Waals surface area contributed by atoms with E-state index in [4.69, 9.17) is 4.74 Å². The molecule has 0 unspecified atom stereocenters. The van der Waals surface area contributed by atoms with E-state index in [0.29, 0.717) is 30.9 Å². The van der Waals surface area contributed by atoms with E-state index in [1.165, 1.54) is 0 Å². The minimum absolute atomic E-state index is 0.146. The lowest BCUT2D eigenvalue weighted by Gasteiger charge is -2.06. The summed E-state index contributed by atoms with van der Waals surface area (Å²) in [5.74, 6) is 0.318. The van der Waals surface area contributed by atoms with Crippen molar-refractivity contribution < 1.29 is 14.3 Å². The molecule has 1 aromatic heterocycles. The van der Waals surface area contributed by atoms with Crippen LogP contribution in [0.15, 0.2) is 36.8 Å². The summed E-state index contributed by atoms with van der Waals surface area (Å²) >= 11 is 0. The molecular weight excluding hydrogens is 272 g/mol. The molecule has 110 valence electrons. The molecule has 0 fully saturated rings. The second-order valence-corrected chi connectivity index (χ2v) is 4.22. The van der Waals surface area contributed by atoms with Crippen molar-refractivity contribution in [2.75, 3.05) is 25.6 Å². The van der Waals surface area contributed by atoms with E-state index >= 15 is 0 Å². The van der Waals surface area contributed by atoms with Gasteiger partial charge in [-0.15, -0.1) is 0 Å². The summed E-state index contributed by atoms with van der Waals surface area (Å²) in [5.41, 5.74) is 1.41. The third-order valence-corrected chi connectivity index (χ3v) is 2.81. The normalized spacial score (nSPS) is 10.1. The van der Waals surface area contributed by atoms with Gasteiger partial charge in [-0.3, -0.25) is 9.59 Å². The summed E-state index contributed by atoms with van der Waals surface area (Å²) in [6.45, 7) is 0.949. The van der Waals surface area contributed by atoms with Crippen LogP contribution in [0.2, 0.25) is 0 Å². The van der Waals surface area contributed by atoms with E-state index in [0.717, 1.165) is 5.69 Å². The summed E-state index contributed by atoms with van der Waals surface area (Å²) in [7, 11) is 1.58. The van der Waals surface area contributed by atoms with Crippen LogP contribution >= 0.6 is 0 Å². The summed E-state index contributed by atoms with van der Waals surface area (Å²) in [4.78, 5) is 26.2. The second-order valence-electron chi connectivity index (χ2n) is 4.22. The number of carbonyl (C=O) groups is 2. The second kappa shape index (κ2) is 7.20. The van der Waals surface area contributed by atoms with Gasteiger partial charge in [0, 0.05) is 24.9 Å². The molecule has 7 nitrogen and oxygen atoms in total. The third-order valence-electron chi connectivity index (χ3n) is 2.81. The van der Waals surface area contributed by atoms with Gasteiger partial charge in [-0.2, -0.15) is 0 Å². The first-order chi connectivity index (χ1) is 10.2. The topological polar surface area (TPSA) is 85.2 Å². The van der Waals surface area contributed by atoms with E-state index in [2.05, 4.69) is 15.6 Å². The van der Waals surface area contributed by atoms with Crippen LogP contribution < -0.4 is 10.6 Å². The first kappa shape index (κ1) is 14.7. The van der Waals surface area contributed by atoms with E-state index in [1.807, 2.05) is 0 Å². The Kier molecular flexibility index (Phi) is 5.05. The highest BCUT2D eigenvalue weighted by atomic mass is 16.5. The van der Waals surface area contributed by atoms with E-state index in [9.17, 15) is 9.59 Å². The zero-order valence-corrected chi connectivity index (χ0v) is 11.6. The van der Waals surface area contributed by atoms with Crippen LogP contribution in [0.3, 0.4) is 0 Å². The van der Waals surface area contributed by atoms with Gasteiger partial charge < -0.3 is 19.9 Å². The number of benzene rings is 1. The van der Waals surface area contributed by atoms with Crippen LogP contribution in [-0.4, -0.2) is 42.1 Å². The molecule has 1 aromatic carbocycles. The molecule has 0 saturated carbocycles. The SMILES string of the molecule is COCCNC(=O)c1ccc(-n2cnc(NC=O)c2)cc1. The lowest BCUT2D eigenvalue weighted by molar-refractivity contribution is -0.105. The zero-order chi connectivity index (χ0) is 15.1.